The molecule has 2 unspecified atom stereocenters. The van der Waals surface area contributed by atoms with Crippen molar-refractivity contribution in [3.63, 3.8) is 0 Å². The molecule has 0 saturated carbocycles. The predicted molar refractivity (Wildman–Crippen MR) is 57.7 cm³/mol. The Kier molecular flexibility index (Phi) is 3.96. The van der Waals surface area contributed by atoms with Gasteiger partial charge in [0.1, 0.15) is 10.2 Å². The number of nitrogens with two attached hydrogens (primary N) is 1. The Hall–Kier alpha value is 0.360. The largest absolute Gasteiger partial charge is 0.375 e. The van der Waals surface area contributed by atoms with Crippen LogP contribution in [0.2, 0.25) is 0 Å². The van der Waals surface area contributed by atoms with Gasteiger partial charge in [0.05, 0.1) is 0 Å². The van der Waals surface area contributed by atoms with Gasteiger partial charge in [-0.25, -0.2) is 0 Å². The van der Waals surface area contributed by atoms with E-state index >= 15 is 0 Å². The molecule has 0 bridgehead atoms. The zero-order valence-electron chi connectivity index (χ0n) is 7.45. The number of hydrogen-bond donors (Lipinski definition) is 1. The lowest BCUT2D eigenvalue weighted by molar-refractivity contribution is 0.131. The molecule has 0 aromatic heterocycles. The van der Waals surface area contributed by atoms with E-state index < -0.39 is 0 Å². The SMILES string of the molecule is COC1C=CCSC1(CN)SC. The Morgan fingerprint density at radius 2 is 2.58 bits per heavy atom. The molecule has 0 radical (unpaired) electrons. The second-order valence-electron chi connectivity index (χ2n) is 2.62. The van der Waals surface area contributed by atoms with Crippen LogP contribution in [-0.4, -0.2) is 35.8 Å². The van der Waals surface area contributed by atoms with E-state index in [0.717, 1.165) is 5.75 Å². The molecule has 12 heavy (non-hydrogen) atoms. The fourth-order valence-electron chi connectivity index (χ4n) is 1.29. The van der Waals surface area contributed by atoms with Gasteiger partial charge in [0, 0.05) is 19.4 Å². The summed E-state index contributed by atoms with van der Waals surface area (Å²) in [5, 5.41) is 0. The molecule has 2 N–H and O–H groups in total. The second-order valence-corrected chi connectivity index (χ2v) is 5.36. The molecule has 4 heteroatoms. The van der Waals surface area contributed by atoms with Crippen molar-refractivity contribution in [2.75, 3.05) is 25.7 Å². The molecule has 0 saturated heterocycles. The zero-order valence-corrected chi connectivity index (χ0v) is 9.08. The van der Waals surface area contributed by atoms with Crippen LogP contribution in [0, 0.1) is 0 Å². The highest BCUT2D eigenvalue weighted by atomic mass is 32.2. The highest BCUT2D eigenvalue weighted by molar-refractivity contribution is 8.18. The van der Waals surface area contributed by atoms with Gasteiger partial charge in [0.25, 0.3) is 0 Å². The molecule has 0 aromatic rings. The standard InChI is InChI=1S/C8H15NOS2/c1-10-7-4-3-5-12-8(7,6-9)11-2/h3-4,7H,5-6,9H2,1-2H3. The fourth-order valence-corrected chi connectivity index (χ4v) is 3.48. The van der Waals surface area contributed by atoms with Gasteiger partial charge < -0.3 is 10.5 Å². The van der Waals surface area contributed by atoms with Crippen LogP contribution in [-0.2, 0) is 4.74 Å². The first-order chi connectivity index (χ1) is 5.79. The number of thioether (sulfide) groups is 2. The summed E-state index contributed by atoms with van der Waals surface area (Å²) in [5.41, 5.74) is 5.76. The summed E-state index contributed by atoms with van der Waals surface area (Å²) in [6.45, 7) is 0.654. The lowest BCUT2D eigenvalue weighted by Gasteiger charge is -2.37. The predicted octanol–water partition coefficient (Wildman–Crippen LogP) is 1.32. The number of ether oxygens (including phenoxy) is 1. The van der Waals surface area contributed by atoms with E-state index in [4.69, 9.17) is 10.5 Å². The summed E-state index contributed by atoms with van der Waals surface area (Å²) in [5.74, 6) is 1.04. The van der Waals surface area contributed by atoms with Crippen molar-refractivity contribution in [2.45, 2.75) is 10.2 Å². The van der Waals surface area contributed by atoms with Crippen LogP contribution in [0.3, 0.4) is 0 Å². The highest BCUT2D eigenvalue weighted by Gasteiger charge is 2.37. The van der Waals surface area contributed by atoms with Crippen LogP contribution in [0.25, 0.3) is 0 Å². The smallest absolute Gasteiger partial charge is 0.103 e. The van der Waals surface area contributed by atoms with Gasteiger partial charge in [-0.3, -0.25) is 0 Å². The molecular formula is C8H15NOS2. The van der Waals surface area contributed by atoms with Crippen LogP contribution in [0.5, 0.6) is 0 Å². The maximum Gasteiger partial charge on any atom is 0.103 e. The second kappa shape index (κ2) is 4.56. The van der Waals surface area contributed by atoms with Gasteiger partial charge in [-0.15, -0.1) is 23.5 Å². The Bertz CT molecular complexity index is 168. The maximum absolute atomic E-state index is 5.76. The first-order valence-corrected chi connectivity index (χ1v) is 6.08. The summed E-state index contributed by atoms with van der Waals surface area (Å²) in [7, 11) is 1.74. The van der Waals surface area contributed by atoms with Crippen LogP contribution >= 0.6 is 23.5 Å². The topological polar surface area (TPSA) is 35.2 Å². The average Bonchev–Trinajstić information content (AvgIpc) is 2.17. The average molecular weight is 205 g/mol. The normalized spacial score (nSPS) is 35.4. The van der Waals surface area contributed by atoms with E-state index in [1.54, 1.807) is 18.9 Å². The van der Waals surface area contributed by atoms with Crippen molar-refractivity contribution in [1.29, 1.82) is 0 Å². The van der Waals surface area contributed by atoms with Crippen LogP contribution in [0.1, 0.15) is 0 Å². The minimum atomic E-state index is 0.0313. The lowest BCUT2D eigenvalue weighted by Crippen LogP contribution is -2.44. The summed E-state index contributed by atoms with van der Waals surface area (Å²) in [4.78, 5) is 0. The third-order valence-electron chi connectivity index (χ3n) is 2.05. The van der Waals surface area contributed by atoms with Crippen LogP contribution in [0.15, 0.2) is 12.2 Å². The van der Waals surface area contributed by atoms with Crippen molar-refractivity contribution in [2.24, 2.45) is 5.73 Å². The summed E-state index contributed by atoms with van der Waals surface area (Å²) < 4.78 is 5.41. The molecule has 0 spiro atoms. The number of methoxy groups -OCH3 is 1. The molecule has 0 amide bonds. The van der Waals surface area contributed by atoms with Gasteiger partial charge in [-0.2, -0.15) is 0 Å². The molecular weight excluding hydrogens is 190 g/mol. The summed E-state index contributed by atoms with van der Waals surface area (Å²) in [6, 6.07) is 0. The Morgan fingerprint density at radius 3 is 3.00 bits per heavy atom. The van der Waals surface area contributed by atoms with Gasteiger partial charge in [-0.1, -0.05) is 12.2 Å². The van der Waals surface area contributed by atoms with Crippen molar-refractivity contribution in [3.8, 4) is 0 Å². The Morgan fingerprint density at radius 1 is 1.83 bits per heavy atom. The number of hydrogen-bond acceptors (Lipinski definition) is 4. The van der Waals surface area contributed by atoms with E-state index in [1.807, 2.05) is 11.8 Å². The minimum absolute atomic E-state index is 0.0313. The molecule has 1 rings (SSSR count). The quantitative estimate of drug-likeness (QED) is 0.705. The monoisotopic (exact) mass is 205 g/mol. The van der Waals surface area contributed by atoms with Crippen LogP contribution < -0.4 is 5.73 Å². The van der Waals surface area contributed by atoms with E-state index in [0.29, 0.717) is 6.54 Å². The van der Waals surface area contributed by atoms with Crippen molar-refractivity contribution >= 4 is 23.5 Å². The lowest BCUT2D eigenvalue weighted by atomic mass is 10.2. The molecule has 1 aliphatic rings. The molecule has 70 valence electrons. The Balaban J connectivity index is 2.77. The third kappa shape index (κ3) is 1.82. The van der Waals surface area contributed by atoms with Crippen molar-refractivity contribution in [3.05, 3.63) is 12.2 Å². The van der Waals surface area contributed by atoms with E-state index in [9.17, 15) is 0 Å². The number of rotatable bonds is 3. The third-order valence-corrected chi connectivity index (χ3v) is 5.24. The first kappa shape index (κ1) is 10.4. The minimum Gasteiger partial charge on any atom is -0.375 e. The van der Waals surface area contributed by atoms with Crippen molar-refractivity contribution < 1.29 is 4.74 Å². The Labute approximate surface area is 82.3 Å². The van der Waals surface area contributed by atoms with Gasteiger partial charge in [-0.05, 0) is 6.26 Å². The molecule has 1 aliphatic heterocycles. The molecule has 1 heterocycles. The summed E-state index contributed by atoms with van der Waals surface area (Å²) >= 11 is 3.66. The molecule has 2 atom stereocenters. The summed E-state index contributed by atoms with van der Waals surface area (Å²) in [6.07, 6.45) is 6.49. The van der Waals surface area contributed by atoms with Crippen LogP contribution in [0.4, 0.5) is 0 Å². The molecule has 0 fully saturated rings. The molecule has 0 aromatic carbocycles. The first-order valence-electron chi connectivity index (χ1n) is 3.87. The van der Waals surface area contributed by atoms with Crippen molar-refractivity contribution in [1.82, 2.24) is 0 Å². The maximum atomic E-state index is 5.76. The highest BCUT2D eigenvalue weighted by Crippen LogP contribution is 2.42. The van der Waals surface area contributed by atoms with E-state index in [-0.39, 0.29) is 10.2 Å². The van der Waals surface area contributed by atoms with Gasteiger partial charge in [0.2, 0.25) is 0 Å². The van der Waals surface area contributed by atoms with Gasteiger partial charge >= 0.3 is 0 Å². The van der Waals surface area contributed by atoms with E-state index in [2.05, 4.69) is 18.4 Å². The van der Waals surface area contributed by atoms with Gasteiger partial charge in [0.15, 0.2) is 0 Å². The van der Waals surface area contributed by atoms with E-state index in [1.165, 1.54) is 0 Å². The molecule has 2 nitrogen and oxygen atoms in total. The fraction of sp³-hybridized carbons (Fsp3) is 0.750. The zero-order chi connectivity index (χ0) is 9.03. The molecule has 0 aliphatic carbocycles.